The van der Waals surface area contributed by atoms with Crippen molar-refractivity contribution in [1.82, 2.24) is 9.62 Å². The van der Waals surface area contributed by atoms with Gasteiger partial charge in [-0.15, -0.1) is 0 Å². The van der Waals surface area contributed by atoms with Crippen LogP contribution in [0.1, 0.15) is 12.8 Å². The van der Waals surface area contributed by atoms with Crippen LogP contribution in [0.2, 0.25) is 0 Å². The van der Waals surface area contributed by atoms with E-state index in [1.807, 2.05) is 0 Å². The number of amides is 1. The molecule has 1 aromatic carbocycles. The van der Waals surface area contributed by atoms with Crippen LogP contribution in [-0.4, -0.2) is 50.8 Å². The first-order valence-corrected chi connectivity index (χ1v) is 8.45. The number of benzene rings is 1. The molecule has 2 rings (SSSR count). The Morgan fingerprint density at radius 3 is 2.61 bits per heavy atom. The highest BCUT2D eigenvalue weighted by atomic mass is 32.2. The van der Waals surface area contributed by atoms with Crippen molar-refractivity contribution in [2.45, 2.75) is 23.8 Å². The van der Waals surface area contributed by atoms with Crippen LogP contribution in [0, 0.1) is 5.82 Å². The van der Waals surface area contributed by atoms with Gasteiger partial charge in [0.2, 0.25) is 10.0 Å². The van der Waals surface area contributed by atoms with Gasteiger partial charge in [-0.05, 0) is 37.1 Å². The van der Waals surface area contributed by atoms with Crippen molar-refractivity contribution < 1.29 is 27.1 Å². The minimum atomic E-state index is -3.93. The third kappa shape index (κ3) is 3.85. The van der Waals surface area contributed by atoms with Crippen LogP contribution in [-0.2, 0) is 24.3 Å². The highest BCUT2D eigenvalue weighted by Crippen LogP contribution is 2.26. The van der Waals surface area contributed by atoms with E-state index in [-0.39, 0.29) is 11.4 Å². The highest BCUT2D eigenvalue weighted by molar-refractivity contribution is 7.89. The molecule has 9 heteroatoms. The Morgan fingerprint density at radius 1 is 1.35 bits per heavy atom. The number of esters is 1. The van der Waals surface area contributed by atoms with Gasteiger partial charge in [-0.3, -0.25) is 9.59 Å². The fraction of sp³-hybridized carbons (Fsp3) is 0.429. The van der Waals surface area contributed by atoms with Crippen molar-refractivity contribution in [3.63, 3.8) is 0 Å². The van der Waals surface area contributed by atoms with Crippen molar-refractivity contribution in [3.8, 4) is 0 Å². The molecule has 1 saturated heterocycles. The summed E-state index contributed by atoms with van der Waals surface area (Å²) in [6.45, 7) is -0.296. The fourth-order valence-corrected chi connectivity index (χ4v) is 3.96. The first-order valence-electron chi connectivity index (χ1n) is 7.01. The molecule has 0 saturated carbocycles. The predicted octanol–water partition coefficient (Wildman–Crippen LogP) is 0.268. The second-order valence-corrected chi connectivity index (χ2v) is 6.90. The summed E-state index contributed by atoms with van der Waals surface area (Å²) >= 11 is 0. The minimum absolute atomic E-state index is 0.0927. The lowest BCUT2D eigenvalue weighted by Crippen LogP contribution is -2.42. The van der Waals surface area contributed by atoms with Crippen LogP contribution >= 0.6 is 0 Å². The van der Waals surface area contributed by atoms with E-state index >= 15 is 0 Å². The molecule has 0 aromatic heterocycles. The Hall–Kier alpha value is -2.00. The second kappa shape index (κ2) is 7.05. The number of nitrogens with one attached hydrogen (secondary N) is 1. The Morgan fingerprint density at radius 2 is 2.00 bits per heavy atom. The third-order valence-electron chi connectivity index (χ3n) is 3.52. The lowest BCUT2D eigenvalue weighted by molar-refractivity contribution is -0.151. The van der Waals surface area contributed by atoms with Gasteiger partial charge in [0.25, 0.3) is 5.91 Å². The first kappa shape index (κ1) is 17.4. The average Bonchev–Trinajstić information content (AvgIpc) is 3.03. The summed E-state index contributed by atoms with van der Waals surface area (Å²) in [5.74, 6) is -1.80. The smallest absolute Gasteiger partial charge is 0.324 e. The number of nitrogens with zero attached hydrogens (tertiary/aromatic N) is 1. The van der Waals surface area contributed by atoms with E-state index in [0.717, 1.165) is 28.6 Å². The number of hydrogen-bond donors (Lipinski definition) is 1. The van der Waals surface area contributed by atoms with Gasteiger partial charge in [0.05, 0.1) is 4.90 Å². The van der Waals surface area contributed by atoms with Crippen molar-refractivity contribution in [2.75, 3.05) is 20.2 Å². The summed E-state index contributed by atoms with van der Waals surface area (Å²) in [7, 11) is -2.53. The molecule has 1 aromatic rings. The summed E-state index contributed by atoms with van der Waals surface area (Å²) in [5, 5.41) is 2.30. The number of sulfonamides is 1. The standard InChI is InChI=1S/C14H17FN2O5S/c1-16-13(18)9-22-14(19)12-3-2-8-17(12)23(20,21)11-6-4-10(15)5-7-11/h4-7,12H,2-3,8-9H2,1H3,(H,16,18)/t12-/m0/s1. The molecule has 0 radical (unpaired) electrons. The average molecular weight is 344 g/mol. The Kier molecular flexibility index (Phi) is 5.32. The van der Waals surface area contributed by atoms with Gasteiger partial charge in [0.15, 0.2) is 6.61 Å². The van der Waals surface area contributed by atoms with Crippen LogP contribution in [0.15, 0.2) is 29.2 Å². The van der Waals surface area contributed by atoms with Crippen molar-refractivity contribution in [1.29, 1.82) is 0 Å². The molecule has 1 N–H and O–H groups in total. The number of hydrogen-bond acceptors (Lipinski definition) is 5. The molecule has 1 heterocycles. The van der Waals surface area contributed by atoms with Gasteiger partial charge in [0, 0.05) is 13.6 Å². The van der Waals surface area contributed by atoms with Gasteiger partial charge in [-0.2, -0.15) is 4.31 Å². The minimum Gasteiger partial charge on any atom is -0.454 e. The Labute approximate surface area is 133 Å². The number of halogens is 1. The molecule has 1 fully saturated rings. The maximum absolute atomic E-state index is 12.9. The fourth-order valence-electron chi connectivity index (χ4n) is 2.31. The lowest BCUT2D eigenvalue weighted by Gasteiger charge is -2.22. The molecule has 126 valence electrons. The summed E-state index contributed by atoms with van der Waals surface area (Å²) in [6.07, 6.45) is 0.813. The van der Waals surface area contributed by atoms with E-state index in [9.17, 15) is 22.4 Å². The second-order valence-electron chi connectivity index (χ2n) is 5.01. The van der Waals surface area contributed by atoms with E-state index in [1.165, 1.54) is 7.05 Å². The molecule has 23 heavy (non-hydrogen) atoms. The van der Waals surface area contributed by atoms with Crippen molar-refractivity contribution in [3.05, 3.63) is 30.1 Å². The molecule has 0 spiro atoms. The van der Waals surface area contributed by atoms with E-state index in [4.69, 9.17) is 4.74 Å². The maximum atomic E-state index is 12.9. The molecule has 1 amide bonds. The van der Waals surface area contributed by atoms with Crippen molar-refractivity contribution >= 4 is 21.9 Å². The van der Waals surface area contributed by atoms with Crippen LogP contribution in [0.25, 0.3) is 0 Å². The molecular formula is C14H17FN2O5S. The quantitative estimate of drug-likeness (QED) is 0.774. The number of ether oxygens (including phenoxy) is 1. The normalized spacial score (nSPS) is 18.6. The van der Waals surface area contributed by atoms with Gasteiger partial charge >= 0.3 is 5.97 Å². The van der Waals surface area contributed by atoms with Crippen LogP contribution in [0.3, 0.4) is 0 Å². The molecule has 1 aliphatic rings. The van der Waals surface area contributed by atoms with Gasteiger partial charge in [-0.25, -0.2) is 12.8 Å². The van der Waals surface area contributed by atoms with E-state index in [1.54, 1.807) is 0 Å². The van der Waals surface area contributed by atoms with Crippen LogP contribution in [0.4, 0.5) is 4.39 Å². The third-order valence-corrected chi connectivity index (χ3v) is 5.44. The Bertz CT molecular complexity index is 690. The van der Waals surface area contributed by atoms with Gasteiger partial charge in [-0.1, -0.05) is 0 Å². The summed E-state index contributed by atoms with van der Waals surface area (Å²) in [4.78, 5) is 23.1. The zero-order valence-electron chi connectivity index (χ0n) is 12.5. The summed E-state index contributed by atoms with van der Waals surface area (Å²) in [5.41, 5.74) is 0. The number of carbonyl (C=O) groups excluding carboxylic acids is 2. The SMILES string of the molecule is CNC(=O)COC(=O)[C@@H]1CCCN1S(=O)(=O)c1ccc(F)cc1. The maximum Gasteiger partial charge on any atom is 0.324 e. The van der Waals surface area contributed by atoms with E-state index < -0.39 is 40.4 Å². The first-order chi connectivity index (χ1) is 10.9. The molecule has 0 aliphatic carbocycles. The van der Waals surface area contributed by atoms with Crippen LogP contribution < -0.4 is 5.32 Å². The number of carbonyl (C=O) groups is 2. The molecule has 1 atom stereocenters. The van der Waals surface area contributed by atoms with E-state index in [2.05, 4.69) is 5.32 Å². The monoisotopic (exact) mass is 344 g/mol. The van der Waals surface area contributed by atoms with Gasteiger partial charge in [0.1, 0.15) is 11.9 Å². The molecule has 1 aliphatic heterocycles. The predicted molar refractivity (Wildman–Crippen MR) is 78.3 cm³/mol. The van der Waals surface area contributed by atoms with E-state index in [0.29, 0.717) is 12.8 Å². The summed E-state index contributed by atoms with van der Waals surface area (Å²) < 4.78 is 44.0. The molecule has 0 unspecified atom stereocenters. The molecule has 0 bridgehead atoms. The largest absolute Gasteiger partial charge is 0.454 e. The number of rotatable bonds is 5. The zero-order chi connectivity index (χ0) is 17.0. The topological polar surface area (TPSA) is 92.8 Å². The van der Waals surface area contributed by atoms with Gasteiger partial charge < -0.3 is 10.1 Å². The lowest BCUT2D eigenvalue weighted by atomic mass is 10.2. The highest BCUT2D eigenvalue weighted by Gasteiger charge is 2.40. The van der Waals surface area contributed by atoms with Crippen LogP contribution in [0.5, 0.6) is 0 Å². The molecular weight excluding hydrogens is 327 g/mol. The summed E-state index contributed by atoms with van der Waals surface area (Å²) in [6, 6.07) is 3.41. The van der Waals surface area contributed by atoms with Crippen molar-refractivity contribution in [2.24, 2.45) is 0 Å². The zero-order valence-corrected chi connectivity index (χ0v) is 13.3. The molecule has 7 nitrogen and oxygen atoms in total. The Balaban J connectivity index is 2.15. The number of likely N-dealkylation sites (N-methyl/N-ethyl adjacent to an activating group) is 1.